The lowest BCUT2D eigenvalue weighted by molar-refractivity contribution is -0.161. The average Bonchev–Trinajstić information content (AvgIpc) is 0.923. The van der Waals surface area contributed by atoms with Crippen molar-refractivity contribution in [1.29, 1.82) is 0 Å². The molecule has 0 radical (unpaired) electrons. The third kappa shape index (κ3) is 79.0. The zero-order valence-corrected chi connectivity index (χ0v) is 69.5. The van der Waals surface area contributed by atoms with E-state index in [-0.39, 0.29) is 25.7 Å². The minimum Gasteiger partial charge on any atom is -0.462 e. The summed E-state index contributed by atoms with van der Waals surface area (Å²) in [7, 11) is -10.0. The number of aliphatic hydroxyl groups is 1. The Morgan fingerprint density at radius 1 is 0.269 bits per heavy atom. The van der Waals surface area contributed by atoms with E-state index in [4.69, 9.17) is 37.0 Å². The molecule has 19 heteroatoms. The summed E-state index contributed by atoms with van der Waals surface area (Å²) in [5.41, 5.74) is 0. The van der Waals surface area contributed by atoms with Crippen LogP contribution in [0, 0.1) is 0 Å². The van der Waals surface area contributed by atoms with Gasteiger partial charge in [0, 0.05) is 25.7 Å². The highest BCUT2D eigenvalue weighted by Crippen LogP contribution is 2.45. The molecule has 5 atom stereocenters. The molecule has 108 heavy (non-hydrogen) atoms. The van der Waals surface area contributed by atoms with Gasteiger partial charge in [0.05, 0.1) is 26.4 Å². The van der Waals surface area contributed by atoms with Crippen molar-refractivity contribution in [1.82, 2.24) is 0 Å². The highest BCUT2D eigenvalue weighted by molar-refractivity contribution is 7.47. The Bertz CT molecular complexity index is 2610. The fourth-order valence-corrected chi connectivity index (χ4v) is 12.4. The molecule has 618 valence electrons. The lowest BCUT2D eigenvalue weighted by Gasteiger charge is -2.21. The Kier molecular flexibility index (Phi) is 76.3. The van der Waals surface area contributed by atoms with Crippen LogP contribution >= 0.6 is 15.6 Å². The van der Waals surface area contributed by atoms with Gasteiger partial charge in [-0.25, -0.2) is 9.13 Å². The van der Waals surface area contributed by atoms with Crippen LogP contribution in [0.5, 0.6) is 0 Å². The van der Waals surface area contributed by atoms with Gasteiger partial charge in [-0.3, -0.25) is 37.3 Å². The maximum atomic E-state index is 13.1. The van der Waals surface area contributed by atoms with Crippen molar-refractivity contribution in [3.63, 3.8) is 0 Å². The first-order valence-electron chi connectivity index (χ1n) is 42.1. The van der Waals surface area contributed by atoms with E-state index in [1.165, 1.54) is 77.0 Å². The van der Waals surface area contributed by atoms with E-state index >= 15 is 0 Å². The number of hydrogen-bond acceptors (Lipinski definition) is 15. The van der Waals surface area contributed by atoms with Crippen molar-refractivity contribution in [2.24, 2.45) is 0 Å². The third-order valence-electron chi connectivity index (χ3n) is 17.3. The molecule has 0 aromatic rings. The molecule has 0 saturated carbocycles. The van der Waals surface area contributed by atoms with E-state index in [0.29, 0.717) is 32.1 Å². The molecule has 0 aromatic heterocycles. The summed E-state index contributed by atoms with van der Waals surface area (Å²) in [6.07, 6.45) is 92.5. The molecule has 0 heterocycles. The first-order valence-corrected chi connectivity index (χ1v) is 45.1. The number of unbranched alkanes of at least 4 members (excludes halogenated alkanes) is 28. The second kappa shape index (κ2) is 80.0. The molecule has 0 bridgehead atoms. The minimum atomic E-state index is -5.00. The summed E-state index contributed by atoms with van der Waals surface area (Å²) in [4.78, 5) is 73.2. The highest BCUT2D eigenvalue weighted by atomic mass is 31.2. The summed E-state index contributed by atoms with van der Waals surface area (Å²) in [5.74, 6) is -2.31. The van der Waals surface area contributed by atoms with Gasteiger partial charge in [-0.2, -0.15) is 0 Å². The van der Waals surface area contributed by atoms with Crippen LogP contribution in [-0.2, 0) is 65.4 Å². The standard InChI is InChI=1S/C89H150O17P2/c1-5-9-13-17-21-25-29-33-37-39-41-43-47-49-53-57-61-65-69-73-86(91)99-79-84(105-88(93)75-71-67-63-59-55-51-45-35-31-27-23-19-15-11-7-3)81-103-107(95,96)101-77-83(90)78-102-108(97,98)104-82-85(106-89(94)76-72-68-64-60-56-52-46-36-32-28-24-20-16-12-8-4)80-100-87(92)74-70-66-62-58-54-50-48-44-42-40-38-34-30-26-22-18-14-10-6-2/h9,13,21-22,24-26,28,33-38,41-46,49,53,61,65,83-85,90H,5-8,10-12,14-20,23,27,29-32,39-40,47-48,50-52,54-60,62-64,66-82H2,1-4H3,(H,95,96)(H,97,98)/b13-9-,25-21-,26-22-,28-24-,37-33-,38-34-,43-41-,44-42-,45-35-,46-36-,53-49-,65-61-. The second-order valence-corrected chi connectivity index (χ2v) is 30.6. The normalized spacial score (nSPS) is 14.5. The van der Waals surface area contributed by atoms with E-state index in [1.807, 2.05) is 18.2 Å². The lowest BCUT2D eigenvalue weighted by atomic mass is 10.1. The first-order chi connectivity index (χ1) is 52.7. The van der Waals surface area contributed by atoms with E-state index in [1.54, 1.807) is 0 Å². The molecule has 0 saturated heterocycles. The Balaban J connectivity index is 5.45. The summed E-state index contributed by atoms with van der Waals surface area (Å²) in [5, 5.41) is 10.7. The molecule has 0 rings (SSSR count). The van der Waals surface area contributed by atoms with Crippen LogP contribution < -0.4 is 0 Å². The molecule has 0 fully saturated rings. The van der Waals surface area contributed by atoms with Crippen molar-refractivity contribution in [2.75, 3.05) is 39.6 Å². The Hall–Kier alpha value is -5.06. The number of phosphoric acid groups is 2. The number of carbonyl (C=O) groups is 4. The quantitative estimate of drug-likeness (QED) is 0.0169. The van der Waals surface area contributed by atoms with Gasteiger partial charge in [0.15, 0.2) is 12.2 Å². The Morgan fingerprint density at radius 2 is 0.500 bits per heavy atom. The van der Waals surface area contributed by atoms with E-state index < -0.39 is 97.5 Å². The van der Waals surface area contributed by atoms with Gasteiger partial charge in [-0.1, -0.05) is 296 Å². The number of hydrogen-bond donors (Lipinski definition) is 3. The molecule has 3 N–H and O–H groups in total. The van der Waals surface area contributed by atoms with Crippen molar-refractivity contribution >= 4 is 39.5 Å². The largest absolute Gasteiger partial charge is 0.472 e. The number of ether oxygens (including phenoxy) is 4. The van der Waals surface area contributed by atoms with Crippen molar-refractivity contribution in [2.45, 2.75) is 354 Å². The second-order valence-electron chi connectivity index (χ2n) is 27.7. The van der Waals surface area contributed by atoms with E-state index in [2.05, 4.69) is 155 Å². The highest BCUT2D eigenvalue weighted by Gasteiger charge is 2.30. The number of esters is 4. The average molecular weight is 1550 g/mol. The molecule has 0 aliphatic carbocycles. The van der Waals surface area contributed by atoms with Crippen molar-refractivity contribution < 1.29 is 80.2 Å². The first kappa shape index (κ1) is 103. The van der Waals surface area contributed by atoms with Gasteiger partial charge >= 0.3 is 39.5 Å². The van der Waals surface area contributed by atoms with Gasteiger partial charge in [0.25, 0.3) is 0 Å². The Morgan fingerprint density at radius 3 is 0.824 bits per heavy atom. The molecule has 0 spiro atoms. The molecule has 0 aromatic carbocycles. The smallest absolute Gasteiger partial charge is 0.462 e. The topological polar surface area (TPSA) is 237 Å². The fraction of sp³-hybridized carbons (Fsp3) is 0.685. The summed E-state index contributed by atoms with van der Waals surface area (Å²) < 4.78 is 68.7. The van der Waals surface area contributed by atoms with Crippen molar-refractivity contribution in [3.8, 4) is 0 Å². The molecule has 5 unspecified atom stereocenters. The summed E-state index contributed by atoms with van der Waals surface area (Å²) in [6.45, 7) is 4.60. The molecular weight excluding hydrogens is 1400 g/mol. The van der Waals surface area contributed by atoms with Crippen LogP contribution in [0.2, 0.25) is 0 Å². The molecule has 17 nitrogen and oxygen atoms in total. The zero-order chi connectivity index (χ0) is 78.9. The number of rotatable bonds is 78. The predicted molar refractivity (Wildman–Crippen MR) is 445 cm³/mol. The third-order valence-corrected chi connectivity index (χ3v) is 19.2. The van der Waals surface area contributed by atoms with Crippen LogP contribution in [0.3, 0.4) is 0 Å². The van der Waals surface area contributed by atoms with Crippen LogP contribution in [0.15, 0.2) is 146 Å². The lowest BCUT2D eigenvalue weighted by Crippen LogP contribution is -2.30. The SMILES string of the molecule is CC/C=C\C/C=C\C/C=C\C/C=C\C/C=C\C/C=C\CCC(=O)OCC(COP(=O)(O)OCC(O)COP(=O)(O)OCC(COC(=O)CCCCCCCC/C=C\C/C=C\C/C=C\CCCCC)OC(=O)CCCCCCC/C=C\C/C=C\CCCCC)OC(=O)CCCCCCC/C=C\CCCCCCCC. The summed E-state index contributed by atoms with van der Waals surface area (Å²) in [6, 6.07) is 0. The molecule has 0 amide bonds. The monoisotopic (exact) mass is 1550 g/mol. The van der Waals surface area contributed by atoms with Gasteiger partial charge in [0.2, 0.25) is 0 Å². The van der Waals surface area contributed by atoms with E-state index in [9.17, 15) is 43.2 Å². The molecular formula is C89H150O17P2. The van der Waals surface area contributed by atoms with Crippen LogP contribution in [0.4, 0.5) is 0 Å². The van der Waals surface area contributed by atoms with Crippen molar-refractivity contribution in [3.05, 3.63) is 146 Å². The maximum Gasteiger partial charge on any atom is 0.472 e. The van der Waals surface area contributed by atoms with Crippen LogP contribution in [0.1, 0.15) is 336 Å². The molecule has 0 aliphatic heterocycles. The summed E-state index contributed by atoms with van der Waals surface area (Å²) >= 11 is 0. The van der Waals surface area contributed by atoms with Gasteiger partial charge in [-0.15, -0.1) is 0 Å². The number of phosphoric ester groups is 2. The van der Waals surface area contributed by atoms with Crippen LogP contribution in [-0.4, -0.2) is 96.7 Å². The predicted octanol–water partition coefficient (Wildman–Crippen LogP) is 25.0. The van der Waals surface area contributed by atoms with E-state index in [0.717, 1.165) is 173 Å². The molecule has 0 aliphatic rings. The maximum absolute atomic E-state index is 13.1. The minimum absolute atomic E-state index is 0.0312. The number of aliphatic hydroxyl groups excluding tert-OH is 1. The number of carbonyl (C=O) groups excluding carboxylic acids is 4. The number of allylic oxidation sites excluding steroid dienone is 24. The Labute approximate surface area is 656 Å². The van der Waals surface area contributed by atoms with Gasteiger partial charge in [-0.05, 0) is 161 Å². The van der Waals surface area contributed by atoms with Gasteiger partial charge in [0.1, 0.15) is 19.3 Å². The van der Waals surface area contributed by atoms with Crippen LogP contribution in [0.25, 0.3) is 0 Å². The fourth-order valence-electron chi connectivity index (χ4n) is 10.9. The zero-order valence-electron chi connectivity index (χ0n) is 67.7. The van der Waals surface area contributed by atoms with Gasteiger partial charge < -0.3 is 33.8 Å².